The first-order valence-electron chi connectivity index (χ1n) is 9.74. The van der Waals surface area contributed by atoms with Gasteiger partial charge in [-0.05, 0) is 51.5 Å². The van der Waals surface area contributed by atoms with Crippen LogP contribution in [-0.2, 0) is 0 Å². The van der Waals surface area contributed by atoms with Gasteiger partial charge in [-0.1, -0.05) is 24.3 Å². The van der Waals surface area contributed by atoms with Crippen molar-refractivity contribution in [1.29, 1.82) is 0 Å². The highest BCUT2D eigenvalue weighted by Crippen LogP contribution is 2.39. The fourth-order valence-corrected chi connectivity index (χ4v) is 4.03. The molecule has 4 aromatic rings. The molecule has 0 bridgehead atoms. The van der Waals surface area contributed by atoms with Crippen molar-refractivity contribution >= 4 is 22.7 Å². The predicted molar refractivity (Wildman–Crippen MR) is 115 cm³/mol. The third-order valence-electron chi connectivity index (χ3n) is 5.55. The van der Waals surface area contributed by atoms with Gasteiger partial charge in [0.05, 0.1) is 11.0 Å². The first kappa shape index (κ1) is 17.6. The van der Waals surface area contributed by atoms with E-state index in [0.717, 1.165) is 39.9 Å². The summed E-state index contributed by atoms with van der Waals surface area (Å²) >= 11 is 0. The molecule has 2 aromatic carbocycles. The predicted octanol–water partition coefficient (Wildman–Crippen LogP) is 3.88. The Bertz CT molecular complexity index is 1220. The van der Waals surface area contributed by atoms with Crippen LogP contribution in [0.5, 0.6) is 0 Å². The average molecular weight is 385 g/mol. The second kappa shape index (κ2) is 6.27. The van der Waals surface area contributed by atoms with Crippen LogP contribution < -0.4 is 9.91 Å². The number of hydrogen-bond acceptors (Lipinski definition) is 6. The van der Waals surface area contributed by atoms with E-state index < -0.39 is 0 Å². The summed E-state index contributed by atoms with van der Waals surface area (Å²) in [5.41, 5.74) is 5.35. The summed E-state index contributed by atoms with van der Waals surface area (Å²) < 4.78 is 2.18. The van der Waals surface area contributed by atoms with Crippen LogP contribution in [0.25, 0.3) is 22.4 Å². The van der Waals surface area contributed by atoms with Crippen LogP contribution in [-0.4, -0.2) is 37.8 Å². The number of aryl methyl sites for hydroxylation is 3. The van der Waals surface area contributed by atoms with Crippen molar-refractivity contribution in [3.05, 3.63) is 59.7 Å². The molecule has 5 rings (SSSR count). The van der Waals surface area contributed by atoms with Crippen LogP contribution in [0.15, 0.2) is 42.5 Å². The number of fused-ring (bicyclic) bond motifs is 3. The minimum atomic E-state index is 0.123. The molecule has 0 amide bonds. The number of aromatic nitrogens is 5. The van der Waals surface area contributed by atoms with Crippen molar-refractivity contribution in [2.24, 2.45) is 0 Å². The summed E-state index contributed by atoms with van der Waals surface area (Å²) in [5, 5.41) is 2.22. The summed E-state index contributed by atoms with van der Waals surface area (Å²) in [6, 6.07) is 14.6. The van der Waals surface area contributed by atoms with Gasteiger partial charge in [-0.25, -0.2) is 24.6 Å². The largest absolute Gasteiger partial charge is 0.290 e. The molecule has 7 heteroatoms. The number of nitrogens with zero attached hydrogens (tertiary/aromatic N) is 7. The maximum absolute atomic E-state index is 4.93. The van der Waals surface area contributed by atoms with Gasteiger partial charge >= 0.3 is 0 Å². The van der Waals surface area contributed by atoms with Gasteiger partial charge in [0.2, 0.25) is 5.95 Å². The zero-order valence-corrected chi connectivity index (χ0v) is 17.2. The number of hydrogen-bond donors (Lipinski definition) is 0. The maximum atomic E-state index is 4.93. The molecule has 0 fully saturated rings. The fraction of sp³-hybridized carbons (Fsp3) is 0.273. The topological polar surface area (TPSA) is 63.0 Å². The molecule has 0 radical (unpaired) electrons. The van der Waals surface area contributed by atoms with Gasteiger partial charge < -0.3 is 0 Å². The first-order chi connectivity index (χ1) is 13.9. The van der Waals surface area contributed by atoms with E-state index >= 15 is 0 Å². The van der Waals surface area contributed by atoms with Gasteiger partial charge in [0.15, 0.2) is 5.82 Å². The molecule has 1 aliphatic rings. The zero-order valence-electron chi connectivity index (χ0n) is 17.2. The molecule has 0 aliphatic carbocycles. The number of para-hydroxylation sites is 2. The summed E-state index contributed by atoms with van der Waals surface area (Å²) in [6.07, 6.45) is 0.123. The van der Waals surface area contributed by atoms with E-state index in [1.807, 2.05) is 19.9 Å². The Morgan fingerprint density at radius 1 is 0.862 bits per heavy atom. The van der Waals surface area contributed by atoms with E-state index in [-0.39, 0.29) is 6.17 Å². The third kappa shape index (κ3) is 2.65. The maximum Gasteiger partial charge on any atom is 0.232 e. The number of imidazole rings is 1. The van der Waals surface area contributed by atoms with Crippen LogP contribution in [0, 0.1) is 20.8 Å². The van der Waals surface area contributed by atoms with Crippen molar-refractivity contribution in [2.75, 3.05) is 17.0 Å². The highest BCUT2D eigenvalue weighted by atomic mass is 15.7. The summed E-state index contributed by atoms with van der Waals surface area (Å²) in [6.45, 7) is 8.11. The second-order valence-corrected chi connectivity index (χ2v) is 7.54. The van der Waals surface area contributed by atoms with E-state index in [2.05, 4.69) is 86.8 Å². The van der Waals surface area contributed by atoms with Crippen molar-refractivity contribution in [2.45, 2.75) is 33.9 Å². The summed E-state index contributed by atoms with van der Waals surface area (Å²) in [4.78, 5) is 20.6. The van der Waals surface area contributed by atoms with E-state index in [4.69, 9.17) is 4.98 Å². The lowest BCUT2D eigenvalue weighted by Gasteiger charge is -2.27. The van der Waals surface area contributed by atoms with E-state index in [1.54, 1.807) is 0 Å². The fourth-order valence-electron chi connectivity index (χ4n) is 4.03. The Labute approximate surface area is 169 Å². The van der Waals surface area contributed by atoms with Gasteiger partial charge in [0, 0.05) is 18.3 Å². The van der Waals surface area contributed by atoms with Gasteiger partial charge in [-0.15, -0.1) is 0 Å². The molecule has 0 spiro atoms. The van der Waals surface area contributed by atoms with E-state index in [1.165, 1.54) is 5.56 Å². The van der Waals surface area contributed by atoms with E-state index in [9.17, 15) is 0 Å². The Morgan fingerprint density at radius 3 is 2.34 bits per heavy atom. The van der Waals surface area contributed by atoms with Crippen molar-refractivity contribution in [1.82, 2.24) is 24.6 Å². The van der Waals surface area contributed by atoms with Crippen molar-refractivity contribution in [3.8, 4) is 11.4 Å². The summed E-state index contributed by atoms with van der Waals surface area (Å²) in [7, 11) is 2.10. The molecular weight excluding hydrogens is 362 g/mol. The minimum Gasteiger partial charge on any atom is -0.290 e. The molecule has 1 aliphatic heterocycles. The zero-order chi connectivity index (χ0) is 20.3. The van der Waals surface area contributed by atoms with Crippen LogP contribution in [0.3, 0.4) is 0 Å². The molecule has 29 heavy (non-hydrogen) atoms. The Balaban J connectivity index is 1.68. The van der Waals surface area contributed by atoms with Crippen LogP contribution in [0.4, 0.5) is 11.6 Å². The third-order valence-corrected chi connectivity index (χ3v) is 5.55. The normalized spacial score (nSPS) is 16.0. The molecule has 0 saturated carbocycles. The van der Waals surface area contributed by atoms with Gasteiger partial charge in [0.25, 0.3) is 0 Å². The average Bonchev–Trinajstić information content (AvgIpc) is 3.17. The lowest BCUT2D eigenvalue weighted by molar-refractivity contribution is 0.633. The minimum absolute atomic E-state index is 0.123. The quantitative estimate of drug-likeness (QED) is 0.522. The molecule has 3 heterocycles. The molecule has 7 nitrogen and oxygen atoms in total. The molecule has 0 N–H and O–H groups in total. The first-order valence-corrected chi connectivity index (χ1v) is 9.74. The molecule has 2 aromatic heterocycles. The smallest absolute Gasteiger partial charge is 0.232 e. The summed E-state index contributed by atoms with van der Waals surface area (Å²) in [5.74, 6) is 3.07. The Kier molecular flexibility index (Phi) is 3.81. The van der Waals surface area contributed by atoms with Crippen molar-refractivity contribution in [3.63, 3.8) is 0 Å². The molecule has 0 saturated heterocycles. The molecular formula is C22H23N7. The standard InChI is InChI=1S/C22H23N7/c1-13-10-11-17(21-24-14(2)23-15(3)25-21)12-20(13)28-16(4)27(5)29-19-9-7-6-8-18(19)26-22(28)29/h6-12,16H,1-5H3/t16-/m0/s1. The monoisotopic (exact) mass is 385 g/mol. The van der Waals surface area contributed by atoms with Crippen LogP contribution >= 0.6 is 0 Å². The van der Waals surface area contributed by atoms with Crippen LogP contribution in [0.2, 0.25) is 0 Å². The van der Waals surface area contributed by atoms with Gasteiger partial charge in [-0.3, -0.25) is 9.91 Å². The lowest BCUT2D eigenvalue weighted by atomic mass is 10.1. The van der Waals surface area contributed by atoms with E-state index in [0.29, 0.717) is 5.82 Å². The molecule has 0 unspecified atom stereocenters. The number of benzene rings is 2. The lowest BCUT2D eigenvalue weighted by Crippen LogP contribution is -2.39. The van der Waals surface area contributed by atoms with Gasteiger partial charge in [-0.2, -0.15) is 0 Å². The number of rotatable bonds is 2. The highest BCUT2D eigenvalue weighted by molar-refractivity contribution is 5.83. The van der Waals surface area contributed by atoms with Crippen LogP contribution in [0.1, 0.15) is 24.1 Å². The Hall–Kier alpha value is -3.48. The SMILES string of the molecule is Cc1nc(C)nc(-c2ccc(C)c(N3c4nc5ccccc5n4N(C)[C@@H]3C)c2)n1. The molecule has 1 atom stereocenters. The second-order valence-electron chi connectivity index (χ2n) is 7.54. The molecule has 146 valence electrons. The highest BCUT2D eigenvalue weighted by Gasteiger charge is 2.35. The Morgan fingerprint density at radius 2 is 1.59 bits per heavy atom. The van der Waals surface area contributed by atoms with Gasteiger partial charge in [0.1, 0.15) is 17.8 Å². The van der Waals surface area contributed by atoms with Crippen molar-refractivity contribution < 1.29 is 0 Å². The number of anilines is 2.